The van der Waals surface area contributed by atoms with Gasteiger partial charge in [0.15, 0.2) is 0 Å². The summed E-state index contributed by atoms with van der Waals surface area (Å²) >= 11 is 0. The van der Waals surface area contributed by atoms with E-state index in [0.29, 0.717) is 17.8 Å². The van der Waals surface area contributed by atoms with Crippen LogP contribution in [0.25, 0.3) is 0 Å². The molecule has 0 aliphatic heterocycles. The lowest BCUT2D eigenvalue weighted by molar-refractivity contribution is -0.0730. The normalized spacial score (nSPS) is 26.5. The molecule has 0 saturated heterocycles. The molecule has 1 heterocycles. The van der Waals surface area contributed by atoms with Gasteiger partial charge in [-0.1, -0.05) is 13.8 Å². The van der Waals surface area contributed by atoms with Crippen molar-refractivity contribution in [3.8, 4) is 0 Å². The molecule has 2 rings (SSSR count). The van der Waals surface area contributed by atoms with Crippen LogP contribution < -0.4 is 5.32 Å². The third-order valence-corrected chi connectivity index (χ3v) is 3.80. The van der Waals surface area contributed by atoms with Crippen LogP contribution >= 0.6 is 0 Å². The van der Waals surface area contributed by atoms with Gasteiger partial charge in [0.1, 0.15) is 0 Å². The number of carbonyl (C=O) groups is 1. The van der Waals surface area contributed by atoms with E-state index >= 15 is 0 Å². The highest BCUT2D eigenvalue weighted by atomic mass is 16.4. The van der Waals surface area contributed by atoms with Gasteiger partial charge in [0.05, 0.1) is 11.7 Å². The Kier molecular flexibility index (Phi) is 2.97. The number of aliphatic hydroxyl groups excluding tert-OH is 1. The molecule has 2 unspecified atom stereocenters. The maximum absolute atomic E-state index is 10.9. The molecule has 0 amide bonds. The highest BCUT2D eigenvalue weighted by molar-refractivity contribution is 5.88. The minimum Gasteiger partial charge on any atom is -0.478 e. The first kappa shape index (κ1) is 12.1. The summed E-state index contributed by atoms with van der Waals surface area (Å²) in [5.41, 5.74) is 0.834. The maximum atomic E-state index is 10.9. The zero-order valence-corrected chi connectivity index (χ0v) is 10.0. The number of rotatable bonds is 4. The Morgan fingerprint density at radius 2 is 2.35 bits per heavy atom. The summed E-state index contributed by atoms with van der Waals surface area (Å²) in [7, 11) is 0. The van der Waals surface area contributed by atoms with Gasteiger partial charge in [0, 0.05) is 29.9 Å². The standard InChI is InChI=1S/C12H18N2O3/c1-12(2)9(5-10(12)15)14-6-8-7(11(16)17)3-4-13-8/h3-4,9-10,13-15H,5-6H2,1-2H3,(H,16,17). The molecular weight excluding hydrogens is 220 g/mol. The number of aromatic nitrogens is 1. The van der Waals surface area contributed by atoms with Crippen molar-refractivity contribution < 1.29 is 15.0 Å². The number of carboxylic acid groups (broad SMARTS) is 1. The summed E-state index contributed by atoms with van der Waals surface area (Å²) in [5, 5.41) is 21.8. The SMILES string of the molecule is CC1(C)C(O)CC1NCc1[nH]ccc1C(=O)O. The van der Waals surface area contributed by atoms with Crippen LogP contribution in [0.3, 0.4) is 0 Å². The quantitative estimate of drug-likeness (QED) is 0.629. The van der Waals surface area contributed by atoms with Gasteiger partial charge in [-0.3, -0.25) is 0 Å². The van der Waals surface area contributed by atoms with E-state index in [4.69, 9.17) is 5.11 Å². The van der Waals surface area contributed by atoms with Gasteiger partial charge < -0.3 is 20.5 Å². The van der Waals surface area contributed by atoms with Crippen LogP contribution in [0, 0.1) is 5.41 Å². The first-order valence-corrected chi connectivity index (χ1v) is 5.74. The topological polar surface area (TPSA) is 85.4 Å². The van der Waals surface area contributed by atoms with E-state index in [1.807, 2.05) is 13.8 Å². The molecule has 1 aliphatic rings. The molecular formula is C12H18N2O3. The van der Waals surface area contributed by atoms with Crippen molar-refractivity contribution in [2.45, 2.75) is 39.0 Å². The van der Waals surface area contributed by atoms with Crippen LogP contribution in [0.15, 0.2) is 12.3 Å². The zero-order valence-electron chi connectivity index (χ0n) is 10.0. The molecule has 1 aromatic heterocycles. The van der Waals surface area contributed by atoms with Crippen LogP contribution in [-0.2, 0) is 6.54 Å². The summed E-state index contributed by atoms with van der Waals surface area (Å²) in [6.07, 6.45) is 2.07. The van der Waals surface area contributed by atoms with E-state index < -0.39 is 5.97 Å². The highest BCUT2D eigenvalue weighted by Crippen LogP contribution is 2.40. The van der Waals surface area contributed by atoms with Crippen LogP contribution in [0.4, 0.5) is 0 Å². The van der Waals surface area contributed by atoms with E-state index in [0.717, 1.165) is 6.42 Å². The third kappa shape index (κ3) is 2.08. The van der Waals surface area contributed by atoms with Crippen LogP contribution in [0.2, 0.25) is 0 Å². The van der Waals surface area contributed by atoms with Gasteiger partial charge in [-0.05, 0) is 12.5 Å². The average molecular weight is 238 g/mol. The predicted molar refractivity (Wildman–Crippen MR) is 62.8 cm³/mol. The number of nitrogens with one attached hydrogen (secondary N) is 2. The number of aliphatic hydroxyl groups is 1. The molecule has 5 heteroatoms. The van der Waals surface area contributed by atoms with Gasteiger partial charge in [-0.25, -0.2) is 4.79 Å². The second-order valence-corrected chi connectivity index (χ2v) is 5.18. The fourth-order valence-corrected chi connectivity index (χ4v) is 2.22. The van der Waals surface area contributed by atoms with Gasteiger partial charge in [0.2, 0.25) is 0 Å². The molecule has 1 aliphatic carbocycles. The van der Waals surface area contributed by atoms with E-state index in [9.17, 15) is 9.90 Å². The number of hydrogen-bond donors (Lipinski definition) is 4. The fraction of sp³-hybridized carbons (Fsp3) is 0.583. The van der Waals surface area contributed by atoms with Crippen molar-refractivity contribution in [3.05, 3.63) is 23.5 Å². The number of hydrogen-bond acceptors (Lipinski definition) is 3. The number of aromatic carboxylic acids is 1. The Hall–Kier alpha value is -1.33. The lowest BCUT2D eigenvalue weighted by Gasteiger charge is -2.49. The second kappa shape index (κ2) is 4.16. The molecule has 4 N–H and O–H groups in total. The van der Waals surface area contributed by atoms with Crippen molar-refractivity contribution >= 4 is 5.97 Å². The Morgan fingerprint density at radius 1 is 1.65 bits per heavy atom. The Morgan fingerprint density at radius 3 is 2.88 bits per heavy atom. The molecule has 0 bridgehead atoms. The molecule has 0 aromatic carbocycles. The smallest absolute Gasteiger partial charge is 0.337 e. The van der Waals surface area contributed by atoms with Gasteiger partial charge in [0.25, 0.3) is 0 Å². The van der Waals surface area contributed by atoms with Gasteiger partial charge in [-0.2, -0.15) is 0 Å². The Labute approximate surface area is 99.9 Å². The molecule has 0 radical (unpaired) electrons. The summed E-state index contributed by atoms with van der Waals surface area (Å²) in [6.45, 7) is 4.49. The molecule has 1 fully saturated rings. The maximum Gasteiger partial charge on any atom is 0.337 e. The molecule has 1 aromatic rings. The summed E-state index contributed by atoms with van der Waals surface area (Å²) in [4.78, 5) is 13.8. The molecule has 17 heavy (non-hydrogen) atoms. The fourth-order valence-electron chi connectivity index (χ4n) is 2.22. The molecule has 1 saturated carbocycles. The molecule has 5 nitrogen and oxygen atoms in total. The predicted octanol–water partition coefficient (Wildman–Crippen LogP) is 0.962. The number of carboxylic acids is 1. The van der Waals surface area contributed by atoms with Crippen molar-refractivity contribution in [2.75, 3.05) is 0 Å². The summed E-state index contributed by atoms with van der Waals surface area (Å²) < 4.78 is 0. The molecule has 94 valence electrons. The summed E-state index contributed by atoms with van der Waals surface area (Å²) in [5.74, 6) is -0.920. The third-order valence-electron chi connectivity index (χ3n) is 3.80. The number of H-pyrrole nitrogens is 1. The minimum absolute atomic E-state index is 0.143. The molecule has 2 atom stereocenters. The van der Waals surface area contributed by atoms with E-state index in [1.165, 1.54) is 0 Å². The second-order valence-electron chi connectivity index (χ2n) is 5.18. The zero-order chi connectivity index (χ0) is 12.6. The highest BCUT2D eigenvalue weighted by Gasteiger charge is 2.46. The molecule has 0 spiro atoms. The monoisotopic (exact) mass is 238 g/mol. The van der Waals surface area contributed by atoms with Gasteiger partial charge in [-0.15, -0.1) is 0 Å². The van der Waals surface area contributed by atoms with Crippen LogP contribution in [0.1, 0.15) is 36.3 Å². The van der Waals surface area contributed by atoms with Crippen molar-refractivity contribution in [1.82, 2.24) is 10.3 Å². The van der Waals surface area contributed by atoms with Crippen LogP contribution in [-0.4, -0.2) is 33.3 Å². The van der Waals surface area contributed by atoms with Gasteiger partial charge >= 0.3 is 5.97 Å². The van der Waals surface area contributed by atoms with E-state index in [-0.39, 0.29) is 17.6 Å². The van der Waals surface area contributed by atoms with Crippen molar-refractivity contribution in [2.24, 2.45) is 5.41 Å². The average Bonchev–Trinajstić information content (AvgIpc) is 2.72. The Bertz CT molecular complexity index is 425. The number of aromatic amines is 1. The van der Waals surface area contributed by atoms with E-state index in [1.54, 1.807) is 12.3 Å². The largest absolute Gasteiger partial charge is 0.478 e. The van der Waals surface area contributed by atoms with Crippen molar-refractivity contribution in [3.63, 3.8) is 0 Å². The van der Waals surface area contributed by atoms with Crippen molar-refractivity contribution in [1.29, 1.82) is 0 Å². The summed E-state index contributed by atoms with van der Waals surface area (Å²) in [6, 6.07) is 1.78. The van der Waals surface area contributed by atoms with E-state index in [2.05, 4.69) is 10.3 Å². The first-order chi connectivity index (χ1) is 7.93. The lowest BCUT2D eigenvalue weighted by atomic mass is 9.64. The first-order valence-electron chi connectivity index (χ1n) is 5.74. The lowest BCUT2D eigenvalue weighted by Crippen LogP contribution is -2.59. The Balaban J connectivity index is 1.95. The van der Waals surface area contributed by atoms with Crippen LogP contribution in [0.5, 0.6) is 0 Å². The minimum atomic E-state index is -0.920.